The summed E-state index contributed by atoms with van der Waals surface area (Å²) in [5.74, 6) is 0.560. The van der Waals surface area contributed by atoms with Crippen molar-refractivity contribution in [3.8, 4) is 0 Å². The number of nitrogens with zero attached hydrogens (tertiary/aromatic N) is 3. The third-order valence-electron chi connectivity index (χ3n) is 3.28. The van der Waals surface area contributed by atoms with Crippen molar-refractivity contribution in [3.63, 3.8) is 0 Å². The molecule has 0 fully saturated rings. The monoisotopic (exact) mass is 308 g/mol. The van der Waals surface area contributed by atoms with Crippen LogP contribution in [-0.4, -0.2) is 19.7 Å². The van der Waals surface area contributed by atoms with E-state index in [2.05, 4.69) is 19.6 Å². The van der Waals surface area contributed by atoms with Gasteiger partial charge in [-0.15, -0.1) is 11.3 Å². The standard InChI is InChI=1S/C12H12N4O2S2/c1-6-7(2)20-10-9(6)11(17)16(12(19)14-10)4-3-8-13-5-18-15-8/h5H,3-4H2,1-2H3,(H,14,19). The summed E-state index contributed by atoms with van der Waals surface area (Å²) < 4.78 is 6.65. The molecule has 3 aromatic rings. The molecule has 8 heteroatoms. The molecule has 3 rings (SSSR count). The van der Waals surface area contributed by atoms with Crippen LogP contribution in [0.5, 0.6) is 0 Å². The predicted molar refractivity (Wildman–Crippen MR) is 78.7 cm³/mol. The third-order valence-corrected chi connectivity index (χ3v) is 4.72. The Labute approximate surface area is 123 Å². The minimum absolute atomic E-state index is 0.0610. The van der Waals surface area contributed by atoms with Gasteiger partial charge in [0.05, 0.1) is 5.39 Å². The van der Waals surface area contributed by atoms with Crippen molar-refractivity contribution < 1.29 is 4.52 Å². The summed E-state index contributed by atoms with van der Waals surface area (Å²) in [5, 5.41) is 4.45. The van der Waals surface area contributed by atoms with Crippen LogP contribution in [0, 0.1) is 18.6 Å². The highest BCUT2D eigenvalue weighted by molar-refractivity contribution is 7.71. The smallest absolute Gasteiger partial charge is 0.263 e. The molecule has 3 heterocycles. The number of nitrogens with one attached hydrogen (secondary N) is 1. The number of H-pyrrole nitrogens is 1. The molecule has 1 N–H and O–H groups in total. The Bertz CT molecular complexity index is 873. The number of rotatable bonds is 3. The van der Waals surface area contributed by atoms with Crippen LogP contribution in [0.3, 0.4) is 0 Å². The molecule has 0 amide bonds. The highest BCUT2D eigenvalue weighted by atomic mass is 32.1. The maximum Gasteiger partial charge on any atom is 0.263 e. The van der Waals surface area contributed by atoms with Crippen molar-refractivity contribution in [2.75, 3.05) is 0 Å². The molecule has 3 aromatic heterocycles. The van der Waals surface area contributed by atoms with E-state index in [0.29, 0.717) is 28.9 Å². The minimum atomic E-state index is -0.0610. The maximum absolute atomic E-state index is 12.6. The fraction of sp³-hybridized carbons (Fsp3) is 0.333. The zero-order valence-electron chi connectivity index (χ0n) is 11.0. The summed E-state index contributed by atoms with van der Waals surface area (Å²) in [6.45, 7) is 4.38. The summed E-state index contributed by atoms with van der Waals surface area (Å²) in [6.07, 6.45) is 1.77. The summed E-state index contributed by atoms with van der Waals surface area (Å²) in [6, 6.07) is 0. The number of hydrogen-bond acceptors (Lipinski definition) is 6. The van der Waals surface area contributed by atoms with Gasteiger partial charge >= 0.3 is 0 Å². The van der Waals surface area contributed by atoms with Crippen molar-refractivity contribution >= 4 is 33.8 Å². The molecule has 0 unspecified atom stereocenters. The molecule has 0 radical (unpaired) electrons. The Hall–Kier alpha value is -1.80. The molecule has 0 saturated carbocycles. The van der Waals surface area contributed by atoms with E-state index in [9.17, 15) is 4.79 Å². The largest absolute Gasteiger partial charge is 0.343 e. The molecule has 0 aliphatic carbocycles. The van der Waals surface area contributed by atoms with Gasteiger partial charge in [0.1, 0.15) is 4.83 Å². The molecule has 0 aliphatic heterocycles. The molecule has 0 aromatic carbocycles. The second-order valence-electron chi connectivity index (χ2n) is 4.47. The van der Waals surface area contributed by atoms with E-state index in [1.54, 1.807) is 15.9 Å². The lowest BCUT2D eigenvalue weighted by Gasteiger charge is -2.04. The van der Waals surface area contributed by atoms with Gasteiger partial charge in [-0.3, -0.25) is 9.36 Å². The van der Waals surface area contributed by atoms with E-state index in [0.717, 1.165) is 15.3 Å². The van der Waals surface area contributed by atoms with E-state index < -0.39 is 0 Å². The third kappa shape index (κ3) is 2.10. The van der Waals surface area contributed by atoms with Crippen molar-refractivity contribution in [3.05, 3.63) is 37.8 Å². The topological polar surface area (TPSA) is 76.7 Å². The minimum Gasteiger partial charge on any atom is -0.343 e. The molecule has 0 aliphatic rings. The summed E-state index contributed by atoms with van der Waals surface area (Å²) in [5.41, 5.74) is 0.948. The maximum atomic E-state index is 12.6. The number of hydrogen-bond donors (Lipinski definition) is 1. The van der Waals surface area contributed by atoms with Crippen LogP contribution in [0.4, 0.5) is 0 Å². The second kappa shape index (κ2) is 4.95. The van der Waals surface area contributed by atoms with Gasteiger partial charge in [-0.05, 0) is 31.6 Å². The lowest BCUT2D eigenvalue weighted by atomic mass is 10.2. The molecule has 0 bridgehead atoms. The summed E-state index contributed by atoms with van der Waals surface area (Å²) in [7, 11) is 0. The highest BCUT2D eigenvalue weighted by Crippen LogP contribution is 2.25. The van der Waals surface area contributed by atoms with Crippen LogP contribution in [0.25, 0.3) is 10.2 Å². The zero-order valence-corrected chi connectivity index (χ0v) is 12.6. The molecule has 104 valence electrons. The number of aromatic amines is 1. The first-order chi connectivity index (χ1) is 9.58. The first-order valence-corrected chi connectivity index (χ1v) is 7.28. The fourth-order valence-corrected chi connectivity index (χ4v) is 3.47. The van der Waals surface area contributed by atoms with Gasteiger partial charge in [-0.25, -0.2) is 0 Å². The van der Waals surface area contributed by atoms with Gasteiger partial charge in [0.25, 0.3) is 5.56 Å². The molecule has 0 atom stereocenters. The van der Waals surface area contributed by atoms with Crippen LogP contribution in [0.2, 0.25) is 0 Å². The average molecular weight is 308 g/mol. The molecule has 20 heavy (non-hydrogen) atoms. The zero-order chi connectivity index (χ0) is 14.3. The Kier molecular flexibility index (Phi) is 3.27. The lowest BCUT2D eigenvalue weighted by Crippen LogP contribution is -2.23. The van der Waals surface area contributed by atoms with Crippen molar-refractivity contribution in [1.82, 2.24) is 19.7 Å². The Morgan fingerprint density at radius 3 is 3.00 bits per heavy atom. The van der Waals surface area contributed by atoms with Crippen LogP contribution >= 0.6 is 23.6 Å². The second-order valence-corrected chi connectivity index (χ2v) is 6.08. The van der Waals surface area contributed by atoms with E-state index in [4.69, 9.17) is 12.2 Å². The van der Waals surface area contributed by atoms with E-state index in [1.807, 2.05) is 13.8 Å². The Morgan fingerprint density at radius 1 is 1.50 bits per heavy atom. The van der Waals surface area contributed by atoms with Gasteiger partial charge in [0, 0.05) is 17.8 Å². The van der Waals surface area contributed by atoms with E-state index in [-0.39, 0.29) is 5.56 Å². The first-order valence-electron chi connectivity index (χ1n) is 6.06. The van der Waals surface area contributed by atoms with Gasteiger partial charge in [0.15, 0.2) is 10.6 Å². The van der Waals surface area contributed by atoms with Gasteiger partial charge in [-0.1, -0.05) is 5.16 Å². The van der Waals surface area contributed by atoms with Crippen molar-refractivity contribution in [2.45, 2.75) is 26.8 Å². The van der Waals surface area contributed by atoms with Gasteiger partial charge < -0.3 is 9.51 Å². The number of thiophene rings is 1. The normalized spacial score (nSPS) is 11.3. The SMILES string of the molecule is Cc1sc2[nH]c(=S)n(CCc3ncon3)c(=O)c2c1C. The number of aryl methyl sites for hydroxylation is 3. The predicted octanol–water partition coefficient (Wildman–Crippen LogP) is 2.36. The Morgan fingerprint density at radius 2 is 2.30 bits per heavy atom. The molecular formula is C12H12N4O2S2. The van der Waals surface area contributed by atoms with Crippen LogP contribution < -0.4 is 5.56 Å². The summed E-state index contributed by atoms with van der Waals surface area (Å²) in [4.78, 5) is 21.6. The molecule has 0 saturated heterocycles. The van der Waals surface area contributed by atoms with Crippen LogP contribution in [0.1, 0.15) is 16.3 Å². The molecule has 6 nitrogen and oxygen atoms in total. The molecule has 0 spiro atoms. The van der Waals surface area contributed by atoms with E-state index >= 15 is 0 Å². The molecular weight excluding hydrogens is 296 g/mol. The average Bonchev–Trinajstić information content (AvgIpc) is 2.99. The fourth-order valence-electron chi connectivity index (χ4n) is 2.08. The van der Waals surface area contributed by atoms with Gasteiger partial charge in [0.2, 0.25) is 6.39 Å². The van der Waals surface area contributed by atoms with Crippen LogP contribution in [0.15, 0.2) is 15.7 Å². The summed E-state index contributed by atoms with van der Waals surface area (Å²) >= 11 is 6.82. The first kappa shape index (κ1) is 13.2. The van der Waals surface area contributed by atoms with Crippen LogP contribution in [-0.2, 0) is 13.0 Å². The van der Waals surface area contributed by atoms with Gasteiger partial charge in [-0.2, -0.15) is 4.98 Å². The number of aromatic nitrogens is 4. The quantitative estimate of drug-likeness (QED) is 0.752. The number of fused-ring (bicyclic) bond motifs is 1. The highest BCUT2D eigenvalue weighted by Gasteiger charge is 2.13. The van der Waals surface area contributed by atoms with E-state index in [1.165, 1.54) is 6.39 Å². The lowest BCUT2D eigenvalue weighted by molar-refractivity contribution is 0.408. The van der Waals surface area contributed by atoms with Crippen molar-refractivity contribution in [2.24, 2.45) is 0 Å². The Balaban J connectivity index is 2.09. The van der Waals surface area contributed by atoms with Crippen molar-refractivity contribution in [1.29, 1.82) is 0 Å².